The molecule has 0 amide bonds. The van der Waals surface area contributed by atoms with Crippen LogP contribution in [0.3, 0.4) is 0 Å². The van der Waals surface area contributed by atoms with E-state index in [2.05, 4.69) is 15.7 Å². The summed E-state index contributed by atoms with van der Waals surface area (Å²) in [5.41, 5.74) is 0.926. The molecule has 0 radical (unpaired) electrons. The molecule has 2 N–H and O–H groups in total. The smallest absolute Gasteiger partial charge is 0.324 e. The highest BCUT2D eigenvalue weighted by Gasteiger charge is 2.01. The number of hydrogen-bond donors (Lipinski definition) is 1. The van der Waals surface area contributed by atoms with Crippen molar-refractivity contribution in [3.8, 4) is 0 Å². The fraction of sp³-hybridized carbons (Fsp3) is 0.250. The van der Waals surface area contributed by atoms with Crippen molar-refractivity contribution in [1.29, 1.82) is 0 Å². The summed E-state index contributed by atoms with van der Waals surface area (Å²) < 4.78 is 0. The third-order valence-electron chi connectivity index (χ3n) is 1.54. The average Bonchev–Trinajstić information content (AvgIpc) is 2.16. The average molecular weight is 201 g/mol. The van der Waals surface area contributed by atoms with E-state index in [0.717, 1.165) is 5.56 Å². The van der Waals surface area contributed by atoms with E-state index in [4.69, 9.17) is 11.6 Å². The molecule has 0 spiro atoms. The van der Waals surface area contributed by atoms with E-state index in [0.29, 0.717) is 11.6 Å². The third kappa shape index (κ3) is 3.40. The van der Waals surface area contributed by atoms with Gasteiger partial charge in [0.15, 0.2) is 0 Å². The van der Waals surface area contributed by atoms with Gasteiger partial charge in [0.1, 0.15) is 5.15 Å². The SMILES string of the molecule is NOC(=O)CCc1ccc(Cl)nc1. The summed E-state index contributed by atoms with van der Waals surface area (Å²) in [6.45, 7) is 0. The molecule has 0 saturated carbocycles. The summed E-state index contributed by atoms with van der Waals surface area (Å²) >= 11 is 5.58. The lowest BCUT2D eigenvalue weighted by molar-refractivity contribution is -0.144. The first-order valence-electron chi connectivity index (χ1n) is 3.72. The second kappa shape index (κ2) is 4.79. The quantitative estimate of drug-likeness (QED) is 0.586. The molecule has 0 aromatic carbocycles. The Hall–Kier alpha value is -1.13. The fourth-order valence-corrected chi connectivity index (χ4v) is 0.971. The molecule has 0 bridgehead atoms. The highest BCUT2D eigenvalue weighted by molar-refractivity contribution is 6.29. The Morgan fingerprint density at radius 1 is 1.62 bits per heavy atom. The normalized spacial score (nSPS) is 9.69. The molecule has 4 nitrogen and oxygen atoms in total. The monoisotopic (exact) mass is 200 g/mol. The molecular weight excluding hydrogens is 192 g/mol. The molecule has 0 aliphatic heterocycles. The van der Waals surface area contributed by atoms with E-state index < -0.39 is 5.97 Å². The number of aryl methyl sites for hydroxylation is 1. The molecule has 0 fully saturated rings. The minimum absolute atomic E-state index is 0.250. The first-order valence-corrected chi connectivity index (χ1v) is 4.10. The summed E-state index contributed by atoms with van der Waals surface area (Å²) in [7, 11) is 0. The highest BCUT2D eigenvalue weighted by atomic mass is 35.5. The lowest BCUT2D eigenvalue weighted by Crippen LogP contribution is -2.10. The van der Waals surface area contributed by atoms with Crippen molar-refractivity contribution in [3.05, 3.63) is 29.0 Å². The minimum Gasteiger partial charge on any atom is -0.373 e. The van der Waals surface area contributed by atoms with Crippen LogP contribution in [0, 0.1) is 0 Å². The Labute approximate surface area is 80.6 Å². The van der Waals surface area contributed by atoms with Gasteiger partial charge in [-0.1, -0.05) is 17.7 Å². The van der Waals surface area contributed by atoms with Crippen LogP contribution in [0.2, 0.25) is 5.15 Å². The topological polar surface area (TPSA) is 65.2 Å². The van der Waals surface area contributed by atoms with Crippen LogP contribution in [0.4, 0.5) is 0 Å². The first-order chi connectivity index (χ1) is 6.22. The van der Waals surface area contributed by atoms with Gasteiger partial charge >= 0.3 is 5.97 Å². The number of hydrogen-bond acceptors (Lipinski definition) is 4. The molecule has 0 aliphatic rings. The highest BCUT2D eigenvalue weighted by Crippen LogP contribution is 2.07. The lowest BCUT2D eigenvalue weighted by Gasteiger charge is -1.98. The minimum atomic E-state index is -0.435. The van der Waals surface area contributed by atoms with Crippen LogP contribution in [0.1, 0.15) is 12.0 Å². The molecule has 0 atom stereocenters. The van der Waals surface area contributed by atoms with Gasteiger partial charge in [0.05, 0.1) is 6.42 Å². The van der Waals surface area contributed by atoms with Gasteiger partial charge < -0.3 is 4.84 Å². The molecule has 1 rings (SSSR count). The number of aromatic nitrogens is 1. The molecule has 5 heteroatoms. The molecule has 0 saturated heterocycles. The van der Waals surface area contributed by atoms with Crippen molar-refractivity contribution >= 4 is 17.6 Å². The van der Waals surface area contributed by atoms with E-state index in [1.165, 1.54) is 0 Å². The van der Waals surface area contributed by atoms with Crippen LogP contribution in [0.15, 0.2) is 18.3 Å². The zero-order chi connectivity index (χ0) is 9.68. The van der Waals surface area contributed by atoms with Gasteiger partial charge in [-0.15, -0.1) is 0 Å². The Morgan fingerprint density at radius 3 is 2.92 bits per heavy atom. The number of halogens is 1. The van der Waals surface area contributed by atoms with Crippen molar-refractivity contribution < 1.29 is 9.63 Å². The molecule has 1 aromatic rings. The molecule has 13 heavy (non-hydrogen) atoms. The van der Waals surface area contributed by atoms with Crippen molar-refractivity contribution in [2.75, 3.05) is 0 Å². The second-order valence-electron chi connectivity index (χ2n) is 2.48. The molecule has 1 aromatic heterocycles. The number of nitrogens with zero attached hydrogens (tertiary/aromatic N) is 1. The van der Waals surface area contributed by atoms with E-state index in [-0.39, 0.29) is 6.42 Å². The van der Waals surface area contributed by atoms with Crippen LogP contribution in [-0.4, -0.2) is 11.0 Å². The van der Waals surface area contributed by atoms with Gasteiger partial charge in [-0.2, -0.15) is 5.90 Å². The summed E-state index contributed by atoms with van der Waals surface area (Å²) in [6.07, 6.45) is 2.42. The van der Waals surface area contributed by atoms with Gasteiger partial charge in [0, 0.05) is 6.20 Å². The standard InChI is InChI=1S/C8H9ClN2O2/c9-7-3-1-6(5-11-7)2-4-8(12)13-10/h1,3,5H,2,4,10H2. The van der Waals surface area contributed by atoms with Crippen molar-refractivity contribution in [2.45, 2.75) is 12.8 Å². The van der Waals surface area contributed by atoms with E-state index in [9.17, 15) is 4.79 Å². The van der Waals surface area contributed by atoms with E-state index >= 15 is 0 Å². The predicted octanol–water partition coefficient (Wildman–Crippen LogP) is 1.08. The van der Waals surface area contributed by atoms with Crippen LogP contribution < -0.4 is 5.90 Å². The van der Waals surface area contributed by atoms with Crippen LogP contribution in [-0.2, 0) is 16.1 Å². The third-order valence-corrected chi connectivity index (χ3v) is 1.76. The summed E-state index contributed by atoms with van der Waals surface area (Å²) in [6, 6.07) is 3.48. The van der Waals surface area contributed by atoms with Crippen LogP contribution in [0.25, 0.3) is 0 Å². The Kier molecular flexibility index (Phi) is 3.67. The maximum atomic E-state index is 10.7. The molecular formula is C8H9ClN2O2. The zero-order valence-electron chi connectivity index (χ0n) is 6.87. The summed E-state index contributed by atoms with van der Waals surface area (Å²) in [4.78, 5) is 18.5. The Balaban J connectivity index is 2.46. The fourth-order valence-electron chi connectivity index (χ4n) is 0.860. The number of carbonyl (C=O) groups excluding carboxylic acids is 1. The molecule has 70 valence electrons. The predicted molar refractivity (Wildman–Crippen MR) is 47.8 cm³/mol. The number of rotatable bonds is 3. The zero-order valence-corrected chi connectivity index (χ0v) is 7.62. The Bertz CT molecular complexity index is 287. The molecule has 0 unspecified atom stereocenters. The lowest BCUT2D eigenvalue weighted by atomic mass is 10.2. The second-order valence-corrected chi connectivity index (χ2v) is 2.87. The van der Waals surface area contributed by atoms with Crippen LogP contribution in [0.5, 0.6) is 0 Å². The summed E-state index contributed by atoms with van der Waals surface area (Å²) in [5, 5.41) is 0.435. The number of nitrogens with two attached hydrogens (primary N) is 1. The van der Waals surface area contributed by atoms with Crippen molar-refractivity contribution in [2.24, 2.45) is 5.90 Å². The van der Waals surface area contributed by atoms with Crippen molar-refractivity contribution in [1.82, 2.24) is 4.98 Å². The van der Waals surface area contributed by atoms with Gasteiger partial charge in [-0.05, 0) is 18.1 Å². The van der Waals surface area contributed by atoms with E-state index in [1.54, 1.807) is 18.3 Å². The number of pyridine rings is 1. The maximum absolute atomic E-state index is 10.7. The largest absolute Gasteiger partial charge is 0.373 e. The van der Waals surface area contributed by atoms with Gasteiger partial charge in [-0.25, -0.2) is 4.98 Å². The van der Waals surface area contributed by atoms with E-state index in [1.807, 2.05) is 0 Å². The van der Waals surface area contributed by atoms with Gasteiger partial charge in [0.25, 0.3) is 0 Å². The number of carbonyl (C=O) groups is 1. The molecule has 1 heterocycles. The maximum Gasteiger partial charge on any atom is 0.324 e. The van der Waals surface area contributed by atoms with Crippen LogP contribution >= 0.6 is 11.6 Å². The Morgan fingerprint density at radius 2 is 2.38 bits per heavy atom. The summed E-state index contributed by atoms with van der Waals surface area (Å²) in [5.74, 6) is 4.24. The van der Waals surface area contributed by atoms with Gasteiger partial charge in [-0.3, -0.25) is 4.79 Å². The van der Waals surface area contributed by atoms with Crippen molar-refractivity contribution in [3.63, 3.8) is 0 Å². The van der Waals surface area contributed by atoms with Gasteiger partial charge in [0.2, 0.25) is 0 Å². The first kappa shape index (κ1) is 9.95. The molecule has 0 aliphatic carbocycles.